The van der Waals surface area contributed by atoms with E-state index in [1.54, 1.807) is 0 Å². The van der Waals surface area contributed by atoms with Gasteiger partial charge in [-0.15, -0.1) is 0 Å². The molecule has 0 aliphatic rings. The normalized spacial score (nSPS) is 13.8. The molecule has 0 saturated carbocycles. The lowest BCUT2D eigenvalue weighted by Gasteiger charge is -2.30. The Bertz CT molecular complexity index is 311. The van der Waals surface area contributed by atoms with Crippen molar-refractivity contribution < 1.29 is 36.0 Å². The highest BCUT2D eigenvalue weighted by molar-refractivity contribution is 7.73. The highest BCUT2D eigenvalue weighted by atomic mass is 31.2. The molecule has 0 aromatic heterocycles. The fraction of sp³-hybridized carbons (Fsp3) is 1.00. The topological polar surface area (TPSA) is 71.1 Å². The summed E-state index contributed by atoms with van der Waals surface area (Å²) in [5.41, 5.74) is 0. The van der Waals surface area contributed by atoms with Gasteiger partial charge in [0, 0.05) is 0 Å². The molecule has 0 fully saturated rings. The summed E-state index contributed by atoms with van der Waals surface area (Å²) in [6.45, 7) is 4.33. The number of halogens is 2. The maximum Gasteiger partial charge on any atom is 0.444 e. The summed E-state index contributed by atoms with van der Waals surface area (Å²) in [4.78, 5) is 0. The molecule has 6 nitrogen and oxygen atoms in total. The molecule has 0 N–H and O–H groups in total. The van der Waals surface area contributed by atoms with Gasteiger partial charge in [0.15, 0.2) is 0 Å². The Balaban J connectivity index is 5.59. The molecular formula is C9H20F2O6P2. The van der Waals surface area contributed by atoms with Crippen LogP contribution in [-0.2, 0) is 27.2 Å². The Morgan fingerprint density at radius 2 is 0.947 bits per heavy atom. The fourth-order valence-electron chi connectivity index (χ4n) is 1.22. The van der Waals surface area contributed by atoms with Crippen LogP contribution in [-0.4, -0.2) is 31.8 Å². The predicted molar refractivity (Wildman–Crippen MR) is 66.7 cm³/mol. The van der Waals surface area contributed by atoms with Crippen LogP contribution in [0.4, 0.5) is 8.78 Å². The van der Waals surface area contributed by atoms with Crippen LogP contribution in [0.5, 0.6) is 0 Å². The molecule has 19 heavy (non-hydrogen) atoms. The molecule has 0 unspecified atom stereocenters. The Kier molecular flexibility index (Phi) is 7.88. The average molecular weight is 324 g/mol. The molecular weight excluding hydrogens is 304 g/mol. The SMILES string of the molecule is CCOP(=O)(OCC)C(F)(F)P(=O)(OCC)OCC. The molecule has 0 atom stereocenters. The van der Waals surface area contributed by atoms with E-state index in [2.05, 4.69) is 18.1 Å². The van der Waals surface area contributed by atoms with Gasteiger partial charge >= 0.3 is 20.6 Å². The van der Waals surface area contributed by atoms with Crippen molar-refractivity contribution in [2.24, 2.45) is 0 Å². The molecule has 0 aromatic carbocycles. The van der Waals surface area contributed by atoms with Crippen LogP contribution < -0.4 is 0 Å². The third-order valence-corrected chi connectivity index (χ3v) is 7.04. The van der Waals surface area contributed by atoms with Crippen LogP contribution >= 0.6 is 15.2 Å². The van der Waals surface area contributed by atoms with Crippen molar-refractivity contribution in [2.75, 3.05) is 26.4 Å². The van der Waals surface area contributed by atoms with E-state index in [-0.39, 0.29) is 26.4 Å². The van der Waals surface area contributed by atoms with Crippen molar-refractivity contribution in [2.45, 2.75) is 33.1 Å². The maximum absolute atomic E-state index is 14.2. The van der Waals surface area contributed by atoms with Gasteiger partial charge in [0.2, 0.25) is 0 Å². The first-order valence-electron chi connectivity index (χ1n) is 5.90. The van der Waals surface area contributed by atoms with Gasteiger partial charge in [0.1, 0.15) is 0 Å². The van der Waals surface area contributed by atoms with E-state index >= 15 is 0 Å². The number of alkyl halides is 2. The predicted octanol–water partition coefficient (Wildman–Crippen LogP) is 4.07. The molecule has 0 amide bonds. The van der Waals surface area contributed by atoms with Gasteiger partial charge in [-0.3, -0.25) is 9.13 Å². The minimum absolute atomic E-state index is 0.287. The van der Waals surface area contributed by atoms with E-state index in [1.807, 2.05) is 0 Å². The van der Waals surface area contributed by atoms with Crippen molar-refractivity contribution in [3.05, 3.63) is 0 Å². The van der Waals surface area contributed by atoms with E-state index in [0.29, 0.717) is 0 Å². The van der Waals surface area contributed by atoms with Gasteiger partial charge in [-0.25, -0.2) is 0 Å². The van der Waals surface area contributed by atoms with Crippen LogP contribution in [0, 0.1) is 0 Å². The van der Waals surface area contributed by atoms with Crippen LogP contribution in [0.1, 0.15) is 27.7 Å². The van der Waals surface area contributed by atoms with Gasteiger partial charge in [-0.2, -0.15) is 8.78 Å². The zero-order valence-electron chi connectivity index (χ0n) is 11.4. The van der Waals surface area contributed by atoms with Crippen molar-refractivity contribution in [1.29, 1.82) is 0 Å². The van der Waals surface area contributed by atoms with Crippen LogP contribution in [0.25, 0.3) is 0 Å². The van der Waals surface area contributed by atoms with E-state index in [4.69, 9.17) is 0 Å². The van der Waals surface area contributed by atoms with Crippen LogP contribution in [0.15, 0.2) is 0 Å². The summed E-state index contributed by atoms with van der Waals surface area (Å²) in [5, 5.41) is -4.36. The number of hydrogen-bond acceptors (Lipinski definition) is 6. The number of hydrogen-bond donors (Lipinski definition) is 0. The average Bonchev–Trinajstić information content (AvgIpc) is 2.29. The summed E-state index contributed by atoms with van der Waals surface area (Å²) in [6.07, 6.45) is 0. The lowest BCUT2D eigenvalue weighted by molar-refractivity contribution is 0.0627. The maximum atomic E-state index is 14.2. The zero-order valence-corrected chi connectivity index (χ0v) is 13.2. The molecule has 0 aliphatic heterocycles. The molecule has 0 rings (SSSR count). The van der Waals surface area contributed by atoms with E-state index in [9.17, 15) is 17.9 Å². The summed E-state index contributed by atoms with van der Waals surface area (Å²) in [6, 6.07) is 0. The first-order chi connectivity index (χ1) is 8.74. The molecule has 0 radical (unpaired) electrons. The van der Waals surface area contributed by atoms with Gasteiger partial charge in [0.05, 0.1) is 26.4 Å². The highest BCUT2D eigenvalue weighted by Gasteiger charge is 2.68. The van der Waals surface area contributed by atoms with Crippen molar-refractivity contribution >= 4 is 15.2 Å². The molecule has 0 aromatic rings. The largest absolute Gasteiger partial charge is 0.444 e. The Labute approximate surface area is 111 Å². The quantitative estimate of drug-likeness (QED) is 0.564. The van der Waals surface area contributed by atoms with Gasteiger partial charge in [0.25, 0.3) is 0 Å². The fourth-order valence-corrected chi connectivity index (χ4v) is 5.24. The number of rotatable bonds is 10. The highest BCUT2D eigenvalue weighted by Crippen LogP contribution is 2.79. The summed E-state index contributed by atoms with van der Waals surface area (Å²) < 4.78 is 70.8. The van der Waals surface area contributed by atoms with Crippen LogP contribution in [0.3, 0.4) is 0 Å². The smallest absolute Gasteiger partial charge is 0.304 e. The van der Waals surface area contributed by atoms with Crippen LogP contribution in [0.2, 0.25) is 0 Å². The summed E-state index contributed by atoms with van der Waals surface area (Å²) >= 11 is 0. The third kappa shape index (κ3) is 4.06. The Morgan fingerprint density at radius 3 is 1.11 bits per heavy atom. The lowest BCUT2D eigenvalue weighted by atomic mass is 10.9. The summed E-state index contributed by atoms with van der Waals surface area (Å²) in [5.74, 6) is 0. The summed E-state index contributed by atoms with van der Waals surface area (Å²) in [7, 11) is -9.90. The minimum atomic E-state index is -4.95. The van der Waals surface area contributed by atoms with Crippen molar-refractivity contribution in [3.63, 3.8) is 0 Å². The molecule has 0 aliphatic carbocycles. The standard InChI is InChI=1S/C9H20F2O6P2/c1-5-14-18(12,15-6-2)9(10,11)19(13,16-7-3)17-8-4/h5-8H2,1-4H3. The zero-order chi connectivity index (χ0) is 15.2. The van der Waals surface area contributed by atoms with E-state index in [1.165, 1.54) is 27.7 Å². The molecule has 0 heterocycles. The van der Waals surface area contributed by atoms with Gasteiger partial charge in [-0.05, 0) is 27.7 Å². The second-order valence-corrected chi connectivity index (χ2v) is 7.67. The van der Waals surface area contributed by atoms with E-state index < -0.39 is 20.6 Å². The lowest BCUT2D eigenvalue weighted by Crippen LogP contribution is -2.23. The molecule has 0 bridgehead atoms. The van der Waals surface area contributed by atoms with E-state index in [0.717, 1.165) is 0 Å². The minimum Gasteiger partial charge on any atom is -0.304 e. The Hall–Kier alpha value is 0.160. The van der Waals surface area contributed by atoms with Gasteiger partial charge in [-0.1, -0.05) is 0 Å². The monoisotopic (exact) mass is 324 g/mol. The first kappa shape index (κ1) is 19.2. The first-order valence-corrected chi connectivity index (χ1v) is 8.99. The second-order valence-electron chi connectivity index (χ2n) is 3.18. The van der Waals surface area contributed by atoms with Crippen molar-refractivity contribution in [1.82, 2.24) is 0 Å². The molecule has 0 saturated heterocycles. The molecule has 0 spiro atoms. The molecule has 116 valence electrons. The molecule has 10 heteroatoms. The van der Waals surface area contributed by atoms with Gasteiger partial charge < -0.3 is 18.1 Å². The third-order valence-electron chi connectivity index (χ3n) is 1.86. The second kappa shape index (κ2) is 7.81. The van der Waals surface area contributed by atoms with Crippen molar-refractivity contribution in [3.8, 4) is 0 Å². The Morgan fingerprint density at radius 1 is 0.737 bits per heavy atom.